The molecule has 1 fully saturated rings. The maximum absolute atomic E-state index is 12.2. The number of halogens is 1. The molecule has 0 unspecified atom stereocenters. The van der Waals surface area contributed by atoms with Gasteiger partial charge in [0.15, 0.2) is 0 Å². The van der Waals surface area contributed by atoms with Gasteiger partial charge >= 0.3 is 5.97 Å². The average Bonchev–Trinajstić information content (AvgIpc) is 2.83. The first kappa shape index (κ1) is 14.8. The second-order valence-electron chi connectivity index (χ2n) is 5.54. The number of ether oxygens (including phenoxy) is 1. The van der Waals surface area contributed by atoms with Crippen molar-refractivity contribution >= 4 is 28.6 Å². The van der Waals surface area contributed by atoms with Gasteiger partial charge in [-0.05, 0) is 67.6 Å². The molecule has 0 heterocycles. The molecule has 0 saturated heterocycles. The Hall–Kier alpha value is -0.580. The largest absolute Gasteiger partial charge is 0.456 e. The zero-order chi connectivity index (χ0) is 13.7. The van der Waals surface area contributed by atoms with E-state index in [2.05, 4.69) is 35.6 Å². The Labute approximate surface area is 129 Å². The molecule has 1 aromatic rings. The monoisotopic (exact) mass is 372 g/mol. The minimum Gasteiger partial charge on any atom is -0.456 e. The highest BCUT2D eigenvalue weighted by atomic mass is 127. The fourth-order valence-corrected chi connectivity index (χ4v) is 3.01. The quantitative estimate of drug-likeness (QED) is 0.431. The van der Waals surface area contributed by atoms with Crippen molar-refractivity contribution in [2.24, 2.45) is 0 Å². The fourth-order valence-electron chi connectivity index (χ4n) is 2.63. The van der Waals surface area contributed by atoms with Crippen LogP contribution in [0.2, 0.25) is 0 Å². The lowest BCUT2D eigenvalue weighted by molar-refractivity contribution is -0.00609. The number of hydrogen-bond donors (Lipinski definition) is 0. The van der Waals surface area contributed by atoms with E-state index in [4.69, 9.17) is 4.74 Å². The van der Waals surface area contributed by atoms with Crippen LogP contribution in [0.5, 0.6) is 0 Å². The Bertz CT molecular complexity index is 436. The highest BCUT2D eigenvalue weighted by molar-refractivity contribution is 14.1. The van der Waals surface area contributed by atoms with E-state index in [1.807, 2.05) is 18.2 Å². The molecule has 0 aliphatic heterocycles. The number of carbonyl (C=O) groups is 1. The predicted molar refractivity (Wildman–Crippen MR) is 85.9 cm³/mol. The first-order valence-corrected chi connectivity index (χ1v) is 8.54. The molecule has 1 aromatic carbocycles. The molecule has 0 radical (unpaired) electrons. The topological polar surface area (TPSA) is 26.3 Å². The van der Waals surface area contributed by atoms with E-state index < -0.39 is 0 Å². The van der Waals surface area contributed by atoms with Gasteiger partial charge in [-0.25, -0.2) is 4.79 Å². The van der Waals surface area contributed by atoms with Crippen molar-refractivity contribution in [1.82, 2.24) is 0 Å². The molecule has 0 aromatic heterocycles. The SMILES string of the molecule is CC1(OC(=O)c2cccc(CCCI)c2)CCCC1. The first-order valence-electron chi connectivity index (χ1n) is 7.01. The van der Waals surface area contributed by atoms with Crippen molar-refractivity contribution in [3.05, 3.63) is 35.4 Å². The summed E-state index contributed by atoms with van der Waals surface area (Å²) in [5.74, 6) is -0.166. The van der Waals surface area contributed by atoms with Crippen LogP contribution >= 0.6 is 22.6 Å². The Morgan fingerprint density at radius 3 is 2.79 bits per heavy atom. The number of carbonyl (C=O) groups excluding carboxylic acids is 1. The molecule has 1 aliphatic rings. The third-order valence-electron chi connectivity index (χ3n) is 3.76. The number of hydrogen-bond acceptors (Lipinski definition) is 2. The van der Waals surface area contributed by atoms with Gasteiger partial charge < -0.3 is 4.74 Å². The number of benzene rings is 1. The molecule has 2 rings (SSSR count). The lowest BCUT2D eigenvalue weighted by Crippen LogP contribution is -2.28. The lowest BCUT2D eigenvalue weighted by Gasteiger charge is -2.24. The van der Waals surface area contributed by atoms with Crippen LogP contribution in [-0.4, -0.2) is 16.0 Å². The number of esters is 1. The van der Waals surface area contributed by atoms with Gasteiger partial charge in [-0.1, -0.05) is 34.7 Å². The Morgan fingerprint density at radius 1 is 1.37 bits per heavy atom. The second kappa shape index (κ2) is 6.73. The maximum Gasteiger partial charge on any atom is 0.338 e. The summed E-state index contributed by atoms with van der Waals surface area (Å²) < 4.78 is 6.85. The molecular formula is C16H21IO2. The lowest BCUT2D eigenvalue weighted by atomic mass is 10.0. The molecule has 1 saturated carbocycles. The summed E-state index contributed by atoms with van der Waals surface area (Å²) in [6.45, 7) is 2.05. The van der Waals surface area contributed by atoms with Crippen LogP contribution in [0.25, 0.3) is 0 Å². The zero-order valence-corrected chi connectivity index (χ0v) is 13.6. The molecule has 19 heavy (non-hydrogen) atoms. The molecule has 0 bridgehead atoms. The van der Waals surface area contributed by atoms with Crippen LogP contribution < -0.4 is 0 Å². The number of aryl methyl sites for hydroxylation is 1. The zero-order valence-electron chi connectivity index (χ0n) is 11.5. The van der Waals surface area contributed by atoms with Crippen molar-refractivity contribution in [3.8, 4) is 0 Å². The Morgan fingerprint density at radius 2 is 2.11 bits per heavy atom. The van der Waals surface area contributed by atoms with Crippen LogP contribution in [0, 0.1) is 0 Å². The normalized spacial score (nSPS) is 17.4. The smallest absolute Gasteiger partial charge is 0.338 e. The molecule has 0 spiro atoms. The summed E-state index contributed by atoms with van der Waals surface area (Å²) in [6.07, 6.45) is 6.50. The predicted octanol–water partition coefficient (Wildman–Crippen LogP) is 4.54. The van der Waals surface area contributed by atoms with Gasteiger partial charge in [-0.2, -0.15) is 0 Å². The molecule has 0 amide bonds. The summed E-state index contributed by atoms with van der Waals surface area (Å²) in [7, 11) is 0. The number of rotatable bonds is 5. The summed E-state index contributed by atoms with van der Waals surface area (Å²) in [5.41, 5.74) is 1.68. The summed E-state index contributed by atoms with van der Waals surface area (Å²) in [5, 5.41) is 0. The summed E-state index contributed by atoms with van der Waals surface area (Å²) in [4.78, 5) is 12.2. The van der Waals surface area contributed by atoms with Crippen LogP contribution in [0.4, 0.5) is 0 Å². The Kier molecular flexibility index (Phi) is 5.25. The highest BCUT2D eigenvalue weighted by Gasteiger charge is 2.32. The van der Waals surface area contributed by atoms with E-state index in [0.717, 1.165) is 30.1 Å². The van der Waals surface area contributed by atoms with E-state index in [0.29, 0.717) is 5.56 Å². The molecular weight excluding hydrogens is 351 g/mol. The van der Waals surface area contributed by atoms with Gasteiger partial charge in [0.1, 0.15) is 5.60 Å². The molecule has 2 nitrogen and oxygen atoms in total. The van der Waals surface area contributed by atoms with Crippen molar-refractivity contribution in [2.45, 2.75) is 51.0 Å². The summed E-state index contributed by atoms with van der Waals surface area (Å²) in [6, 6.07) is 7.87. The standard InChI is InChI=1S/C16H21IO2/c1-16(9-2-3-10-16)19-15(18)14-8-4-6-13(12-14)7-5-11-17/h4,6,8,12H,2-3,5,7,9-11H2,1H3. The molecule has 1 aliphatic carbocycles. The van der Waals surface area contributed by atoms with Gasteiger partial charge in [0, 0.05) is 0 Å². The summed E-state index contributed by atoms with van der Waals surface area (Å²) >= 11 is 2.38. The van der Waals surface area contributed by atoms with Gasteiger partial charge in [-0.3, -0.25) is 0 Å². The van der Waals surface area contributed by atoms with Crippen LogP contribution in [-0.2, 0) is 11.2 Å². The van der Waals surface area contributed by atoms with Crippen molar-refractivity contribution in [1.29, 1.82) is 0 Å². The van der Waals surface area contributed by atoms with E-state index in [1.165, 1.54) is 18.4 Å². The van der Waals surface area contributed by atoms with Crippen LogP contribution in [0.1, 0.15) is 54.9 Å². The minimum atomic E-state index is -0.241. The third-order valence-corrected chi connectivity index (χ3v) is 4.52. The molecule has 0 atom stereocenters. The van der Waals surface area contributed by atoms with Crippen LogP contribution in [0.15, 0.2) is 24.3 Å². The fraction of sp³-hybridized carbons (Fsp3) is 0.562. The number of alkyl halides is 1. The maximum atomic E-state index is 12.2. The van der Waals surface area contributed by atoms with Gasteiger partial charge in [-0.15, -0.1) is 0 Å². The van der Waals surface area contributed by atoms with Gasteiger partial charge in [0.25, 0.3) is 0 Å². The average molecular weight is 372 g/mol. The van der Waals surface area contributed by atoms with Crippen molar-refractivity contribution in [3.63, 3.8) is 0 Å². The van der Waals surface area contributed by atoms with E-state index in [1.54, 1.807) is 0 Å². The highest BCUT2D eigenvalue weighted by Crippen LogP contribution is 2.33. The van der Waals surface area contributed by atoms with E-state index >= 15 is 0 Å². The first-order chi connectivity index (χ1) is 9.13. The molecule has 0 N–H and O–H groups in total. The molecule has 104 valence electrons. The van der Waals surface area contributed by atoms with Crippen LogP contribution in [0.3, 0.4) is 0 Å². The van der Waals surface area contributed by atoms with Crippen molar-refractivity contribution < 1.29 is 9.53 Å². The Balaban J connectivity index is 2.02. The van der Waals surface area contributed by atoms with Gasteiger partial charge in [0.05, 0.1) is 5.56 Å². The van der Waals surface area contributed by atoms with E-state index in [9.17, 15) is 4.79 Å². The minimum absolute atomic E-state index is 0.166. The van der Waals surface area contributed by atoms with Crippen molar-refractivity contribution in [2.75, 3.05) is 4.43 Å². The third kappa shape index (κ3) is 4.20. The second-order valence-corrected chi connectivity index (χ2v) is 6.62. The van der Waals surface area contributed by atoms with Gasteiger partial charge in [0.2, 0.25) is 0 Å². The van der Waals surface area contributed by atoms with E-state index in [-0.39, 0.29) is 11.6 Å². The molecule has 3 heteroatoms.